The molecule has 0 aromatic heterocycles. The first-order chi connectivity index (χ1) is 11.6. The third-order valence-electron chi connectivity index (χ3n) is 5.77. The summed E-state index contributed by atoms with van der Waals surface area (Å²) in [5, 5.41) is 9.40. The molecule has 0 radical (unpaired) electrons. The Hall–Kier alpha value is -0.940. The van der Waals surface area contributed by atoms with Gasteiger partial charge in [-0.2, -0.15) is 13.7 Å². The van der Waals surface area contributed by atoms with Crippen molar-refractivity contribution in [1.82, 2.24) is 0 Å². The van der Waals surface area contributed by atoms with Crippen molar-refractivity contribution in [2.24, 2.45) is 11.3 Å². The lowest BCUT2D eigenvalue weighted by Crippen LogP contribution is -2.51. The minimum absolute atomic E-state index is 0.0457. The molecule has 0 saturated carbocycles. The molecule has 140 valence electrons. The fourth-order valence-electron chi connectivity index (χ4n) is 4.70. The Bertz CT molecular complexity index is 720. The van der Waals surface area contributed by atoms with Gasteiger partial charge >= 0.3 is 0 Å². The van der Waals surface area contributed by atoms with Crippen LogP contribution in [-0.2, 0) is 23.8 Å². The maximum atomic E-state index is 11.6. The highest BCUT2D eigenvalue weighted by atomic mass is 32.2. The molecule has 0 aromatic rings. The molecule has 0 spiro atoms. The minimum atomic E-state index is -3.56. The van der Waals surface area contributed by atoms with Gasteiger partial charge in [0.05, 0.1) is 25.0 Å². The molecule has 2 aliphatic carbocycles. The average Bonchev–Trinajstić information content (AvgIpc) is 2.84. The third-order valence-corrected chi connectivity index (χ3v) is 6.32. The second-order valence-corrected chi connectivity index (χ2v) is 9.73. The molecule has 3 rings (SSSR count). The summed E-state index contributed by atoms with van der Waals surface area (Å²) in [6, 6.07) is 2.26. The first kappa shape index (κ1) is 18.8. The highest BCUT2D eigenvalue weighted by Gasteiger charge is 2.57. The Labute approximate surface area is 150 Å². The smallest absolute Gasteiger partial charge is 0.264 e. The van der Waals surface area contributed by atoms with E-state index in [1.54, 1.807) is 0 Å². The SMILES string of the molecule is CC1(C)O[C@@H]2[C@H](O1)C1=C(CCCC1)[C@@](C)(COS(C)(=O)=O)[C@H]2CC#N. The van der Waals surface area contributed by atoms with Gasteiger partial charge in [0.15, 0.2) is 5.79 Å². The molecule has 1 heterocycles. The highest BCUT2D eigenvalue weighted by Crippen LogP contribution is 2.56. The first-order valence-electron chi connectivity index (χ1n) is 8.87. The van der Waals surface area contributed by atoms with Gasteiger partial charge in [-0.3, -0.25) is 4.18 Å². The summed E-state index contributed by atoms with van der Waals surface area (Å²) in [5.74, 6) is -0.871. The minimum Gasteiger partial charge on any atom is -0.344 e. The molecule has 0 aromatic carbocycles. The molecule has 0 N–H and O–H groups in total. The van der Waals surface area contributed by atoms with Crippen LogP contribution in [0.25, 0.3) is 0 Å². The van der Waals surface area contributed by atoms with Crippen molar-refractivity contribution in [1.29, 1.82) is 5.26 Å². The van der Waals surface area contributed by atoms with E-state index >= 15 is 0 Å². The van der Waals surface area contributed by atoms with Crippen molar-refractivity contribution < 1.29 is 22.1 Å². The van der Waals surface area contributed by atoms with E-state index in [1.807, 2.05) is 20.8 Å². The van der Waals surface area contributed by atoms with Gasteiger partial charge in [-0.25, -0.2) is 0 Å². The standard InChI is InChI=1S/C18H27NO5S/c1-17(2)23-15-12-7-5-6-8-13(12)18(3,11-22-25(4,20)21)14(9-10-19)16(15)24-17/h14-16H,5-9,11H2,1-4H3/t14-,15+,16-,18+/m0/s1. The van der Waals surface area contributed by atoms with Gasteiger partial charge in [0, 0.05) is 17.8 Å². The van der Waals surface area contributed by atoms with Crippen molar-refractivity contribution in [2.75, 3.05) is 12.9 Å². The zero-order valence-corrected chi connectivity index (χ0v) is 16.2. The van der Waals surface area contributed by atoms with Crippen molar-refractivity contribution in [2.45, 2.75) is 70.9 Å². The summed E-state index contributed by atoms with van der Waals surface area (Å²) in [6.45, 7) is 5.85. The van der Waals surface area contributed by atoms with Crippen LogP contribution in [-0.4, -0.2) is 39.3 Å². The van der Waals surface area contributed by atoms with Crippen LogP contribution in [0.15, 0.2) is 11.1 Å². The van der Waals surface area contributed by atoms with Crippen LogP contribution in [0.4, 0.5) is 0 Å². The average molecular weight is 369 g/mol. The van der Waals surface area contributed by atoms with Crippen LogP contribution in [0.2, 0.25) is 0 Å². The molecule has 0 unspecified atom stereocenters. The number of nitrogens with zero attached hydrogens (tertiary/aromatic N) is 1. The lowest BCUT2D eigenvalue weighted by Gasteiger charge is -2.49. The fourth-order valence-corrected chi connectivity index (χ4v) is 5.16. The summed E-state index contributed by atoms with van der Waals surface area (Å²) in [6.07, 6.45) is 4.94. The van der Waals surface area contributed by atoms with Gasteiger partial charge in [-0.15, -0.1) is 0 Å². The second-order valence-electron chi connectivity index (χ2n) is 8.08. The van der Waals surface area contributed by atoms with E-state index < -0.39 is 21.3 Å². The van der Waals surface area contributed by atoms with Gasteiger partial charge in [0.25, 0.3) is 10.1 Å². The normalized spacial score (nSPS) is 37.3. The van der Waals surface area contributed by atoms with E-state index in [2.05, 4.69) is 6.07 Å². The molecular weight excluding hydrogens is 342 g/mol. The summed E-state index contributed by atoms with van der Waals surface area (Å²) in [4.78, 5) is 0. The number of nitriles is 1. The summed E-state index contributed by atoms with van der Waals surface area (Å²) in [5.41, 5.74) is 1.90. The molecule has 25 heavy (non-hydrogen) atoms. The third kappa shape index (κ3) is 3.50. The van der Waals surface area contributed by atoms with E-state index in [4.69, 9.17) is 13.7 Å². The molecule has 1 aliphatic heterocycles. The topological polar surface area (TPSA) is 85.6 Å². The van der Waals surface area contributed by atoms with Crippen LogP contribution in [0.1, 0.15) is 52.9 Å². The quantitative estimate of drug-likeness (QED) is 0.559. The largest absolute Gasteiger partial charge is 0.344 e. The van der Waals surface area contributed by atoms with Crippen molar-refractivity contribution in [3.63, 3.8) is 0 Å². The molecule has 4 atom stereocenters. The van der Waals surface area contributed by atoms with Crippen LogP contribution in [0.5, 0.6) is 0 Å². The Morgan fingerprint density at radius 2 is 1.92 bits per heavy atom. The Morgan fingerprint density at radius 1 is 1.24 bits per heavy atom. The van der Waals surface area contributed by atoms with E-state index in [0.717, 1.165) is 31.9 Å². The predicted molar refractivity (Wildman–Crippen MR) is 91.9 cm³/mol. The number of rotatable bonds is 4. The number of fused-ring (bicyclic) bond motifs is 2. The lowest BCUT2D eigenvalue weighted by atomic mass is 9.58. The van der Waals surface area contributed by atoms with Gasteiger partial charge < -0.3 is 9.47 Å². The maximum Gasteiger partial charge on any atom is 0.264 e. The first-order valence-corrected chi connectivity index (χ1v) is 10.7. The van der Waals surface area contributed by atoms with Crippen LogP contribution in [0.3, 0.4) is 0 Å². The van der Waals surface area contributed by atoms with Gasteiger partial charge in [0.2, 0.25) is 0 Å². The van der Waals surface area contributed by atoms with Crippen LogP contribution >= 0.6 is 0 Å². The summed E-state index contributed by atoms with van der Waals surface area (Å²) in [7, 11) is -3.56. The molecule has 1 saturated heterocycles. The maximum absolute atomic E-state index is 11.6. The Balaban J connectivity index is 2.07. The predicted octanol–water partition coefficient (Wildman–Crippen LogP) is 2.90. The molecule has 7 heteroatoms. The summed E-state index contributed by atoms with van der Waals surface area (Å²) >= 11 is 0. The van der Waals surface area contributed by atoms with Crippen LogP contribution in [0, 0.1) is 22.7 Å². The molecule has 0 bridgehead atoms. The summed E-state index contributed by atoms with van der Waals surface area (Å²) < 4.78 is 40.8. The monoisotopic (exact) mass is 369 g/mol. The number of ether oxygens (including phenoxy) is 2. The van der Waals surface area contributed by atoms with Crippen LogP contribution < -0.4 is 0 Å². The van der Waals surface area contributed by atoms with Gasteiger partial charge in [-0.05, 0) is 45.1 Å². The van der Waals surface area contributed by atoms with Crippen molar-refractivity contribution in [3.05, 3.63) is 11.1 Å². The highest BCUT2D eigenvalue weighted by molar-refractivity contribution is 7.85. The fraction of sp³-hybridized carbons (Fsp3) is 0.833. The van der Waals surface area contributed by atoms with Crippen molar-refractivity contribution >= 4 is 10.1 Å². The molecule has 0 amide bonds. The molecular formula is C18H27NO5S. The van der Waals surface area contributed by atoms with Gasteiger partial charge in [-0.1, -0.05) is 12.5 Å². The molecule has 6 nitrogen and oxygen atoms in total. The number of hydrogen-bond acceptors (Lipinski definition) is 6. The second kappa shape index (κ2) is 6.34. The molecule has 3 aliphatic rings. The van der Waals surface area contributed by atoms with E-state index in [1.165, 1.54) is 11.1 Å². The Morgan fingerprint density at radius 3 is 2.56 bits per heavy atom. The van der Waals surface area contributed by atoms with E-state index in [-0.39, 0.29) is 31.2 Å². The molecule has 1 fully saturated rings. The van der Waals surface area contributed by atoms with E-state index in [0.29, 0.717) is 0 Å². The number of hydrogen-bond donors (Lipinski definition) is 0. The lowest BCUT2D eigenvalue weighted by molar-refractivity contribution is -0.151. The zero-order chi connectivity index (χ0) is 18.5. The van der Waals surface area contributed by atoms with E-state index in [9.17, 15) is 13.7 Å². The van der Waals surface area contributed by atoms with Crippen molar-refractivity contribution in [3.8, 4) is 6.07 Å². The van der Waals surface area contributed by atoms with Gasteiger partial charge in [0.1, 0.15) is 6.10 Å². The Kier molecular flexibility index (Phi) is 4.78. The zero-order valence-electron chi connectivity index (χ0n) is 15.4.